The molecular weight excluding hydrogens is 616 g/mol. The third kappa shape index (κ3) is 6.14. The number of nitrogen functional groups attached to an aromatic ring is 1. The van der Waals surface area contributed by atoms with Gasteiger partial charge in [-0.15, -0.1) is 0 Å². The number of nitrogens with zero attached hydrogens (tertiary/aromatic N) is 5. The smallest absolute Gasteiger partial charge is 0.407 e. The molecule has 4 aromatic rings. The number of likely N-dealkylation sites (tertiary alicyclic amines) is 1. The van der Waals surface area contributed by atoms with Gasteiger partial charge in [0.05, 0.1) is 44.4 Å². The van der Waals surface area contributed by atoms with E-state index in [0.717, 1.165) is 22.3 Å². The molecule has 232 valence electrons. The summed E-state index contributed by atoms with van der Waals surface area (Å²) in [7, 11) is -3.92. The summed E-state index contributed by atoms with van der Waals surface area (Å²) in [6, 6.07) is 16.5. The molecule has 2 bridgehead atoms. The Kier molecular flexibility index (Phi) is 8.06. The van der Waals surface area contributed by atoms with Crippen LogP contribution < -0.4 is 10.5 Å². The SMILES string of the molecule is CS(=O)(=O)OC[C@@]12CN(C(=O)O)C[C@@H]([C@H](n3cnc4c(OCc5ccccc5)nc(N)nc43)O1)[C@@H]2OCc1ccc(Cl)cc1. The highest BCUT2D eigenvalue weighted by atomic mass is 35.5. The number of imidazole rings is 1. The number of nitrogens with two attached hydrogens (primary N) is 1. The highest BCUT2D eigenvalue weighted by Gasteiger charge is 2.62. The number of piperidine rings is 1. The minimum atomic E-state index is -3.92. The molecule has 0 spiro atoms. The predicted molar refractivity (Wildman–Crippen MR) is 157 cm³/mol. The largest absolute Gasteiger partial charge is 0.471 e. The standard InChI is InChI=1S/C28H29ClN6O8S/c1-44(38,39)42-15-28-14-34(27(36)37)11-20(22(28)40-12-18-7-9-19(29)10-8-18)25(43-28)35-16-31-21-23(35)32-26(30)33-24(21)41-13-17-5-3-2-4-6-17/h2-10,16,20,22,25H,11-15H2,1H3,(H,36,37)(H2,30,32,33)/t20-,22+,25-,28-/m1/s1. The molecule has 44 heavy (non-hydrogen) atoms. The molecule has 6 rings (SSSR count). The van der Waals surface area contributed by atoms with E-state index in [4.69, 9.17) is 35.7 Å². The normalized spacial score (nSPS) is 23.2. The zero-order chi connectivity index (χ0) is 31.1. The molecule has 16 heteroatoms. The van der Waals surface area contributed by atoms with Crippen molar-refractivity contribution in [1.29, 1.82) is 0 Å². The number of carboxylic acid groups (broad SMARTS) is 1. The third-order valence-corrected chi connectivity index (χ3v) is 8.35. The first-order valence-electron chi connectivity index (χ1n) is 13.5. The highest BCUT2D eigenvalue weighted by Crippen LogP contribution is 2.49. The molecule has 1 amide bonds. The van der Waals surface area contributed by atoms with Crippen LogP contribution in [-0.2, 0) is 37.0 Å². The van der Waals surface area contributed by atoms with Crippen molar-refractivity contribution in [3.05, 3.63) is 77.1 Å². The second-order valence-corrected chi connectivity index (χ2v) is 12.8. The fourth-order valence-corrected chi connectivity index (χ4v) is 6.17. The van der Waals surface area contributed by atoms with Crippen LogP contribution in [0.3, 0.4) is 0 Å². The molecule has 2 fully saturated rings. The van der Waals surface area contributed by atoms with Gasteiger partial charge < -0.3 is 30.0 Å². The second kappa shape index (κ2) is 11.8. The van der Waals surface area contributed by atoms with Gasteiger partial charge in [-0.1, -0.05) is 54.1 Å². The summed E-state index contributed by atoms with van der Waals surface area (Å²) in [5.41, 5.74) is 6.89. The van der Waals surface area contributed by atoms with E-state index in [9.17, 15) is 18.3 Å². The van der Waals surface area contributed by atoms with Gasteiger partial charge in [-0.25, -0.2) is 9.78 Å². The van der Waals surface area contributed by atoms with Crippen molar-refractivity contribution in [2.45, 2.75) is 31.1 Å². The number of fused-ring (bicyclic) bond motifs is 3. The topological polar surface area (TPSA) is 181 Å². The Hall–Kier alpha value is -4.02. The molecule has 2 aliphatic rings. The van der Waals surface area contributed by atoms with Crippen LogP contribution in [0.25, 0.3) is 11.2 Å². The lowest BCUT2D eigenvalue weighted by Crippen LogP contribution is -2.61. The quantitative estimate of drug-likeness (QED) is 0.241. The number of hydrogen-bond acceptors (Lipinski definition) is 11. The summed E-state index contributed by atoms with van der Waals surface area (Å²) < 4.78 is 49.9. The molecule has 0 saturated carbocycles. The molecule has 0 radical (unpaired) electrons. The van der Waals surface area contributed by atoms with Crippen molar-refractivity contribution in [3.8, 4) is 5.88 Å². The molecule has 0 unspecified atom stereocenters. The lowest BCUT2D eigenvalue weighted by Gasteiger charge is -2.42. The first-order chi connectivity index (χ1) is 21.0. The van der Waals surface area contributed by atoms with Gasteiger partial charge in [-0.05, 0) is 23.3 Å². The summed E-state index contributed by atoms with van der Waals surface area (Å²) in [5.74, 6) is -0.535. The molecule has 2 aromatic carbocycles. The lowest BCUT2D eigenvalue weighted by molar-refractivity contribution is -0.150. The third-order valence-electron chi connectivity index (χ3n) is 7.55. The molecular formula is C28H29ClN6O8S. The van der Waals surface area contributed by atoms with Crippen LogP contribution in [0.5, 0.6) is 5.88 Å². The lowest BCUT2D eigenvalue weighted by atomic mass is 9.85. The number of carbonyl (C=O) groups is 1. The van der Waals surface area contributed by atoms with Crippen LogP contribution in [0.4, 0.5) is 10.7 Å². The maximum absolute atomic E-state index is 12.2. The summed E-state index contributed by atoms with van der Waals surface area (Å²) in [6.07, 6.45) is -0.483. The average molecular weight is 645 g/mol. The van der Waals surface area contributed by atoms with Gasteiger partial charge in [0.1, 0.15) is 18.4 Å². The fourth-order valence-electron chi connectivity index (χ4n) is 5.63. The van der Waals surface area contributed by atoms with Crippen LogP contribution in [0.2, 0.25) is 5.02 Å². The first-order valence-corrected chi connectivity index (χ1v) is 15.7. The summed E-state index contributed by atoms with van der Waals surface area (Å²) in [5, 5.41) is 10.5. The van der Waals surface area contributed by atoms with Crippen molar-refractivity contribution in [2.75, 3.05) is 31.7 Å². The Labute approximate surface area is 257 Å². The van der Waals surface area contributed by atoms with Crippen LogP contribution in [0, 0.1) is 5.92 Å². The minimum absolute atomic E-state index is 0.0174. The van der Waals surface area contributed by atoms with E-state index in [1.165, 1.54) is 6.33 Å². The number of anilines is 1. The molecule has 4 heterocycles. The van der Waals surface area contributed by atoms with Gasteiger partial charge in [0, 0.05) is 11.6 Å². The molecule has 0 aliphatic carbocycles. The Balaban J connectivity index is 1.37. The molecule has 2 aromatic heterocycles. The monoisotopic (exact) mass is 644 g/mol. The fraction of sp³-hybridized carbons (Fsp3) is 0.357. The number of ether oxygens (including phenoxy) is 3. The zero-order valence-electron chi connectivity index (χ0n) is 23.4. The number of benzene rings is 2. The molecule has 2 aliphatic heterocycles. The first kappa shape index (κ1) is 30.0. The van der Waals surface area contributed by atoms with E-state index in [1.54, 1.807) is 28.8 Å². The van der Waals surface area contributed by atoms with Gasteiger partial charge in [0.2, 0.25) is 11.8 Å². The summed E-state index contributed by atoms with van der Waals surface area (Å²) in [6.45, 7) is -0.334. The van der Waals surface area contributed by atoms with Crippen LogP contribution in [0.1, 0.15) is 17.4 Å². The summed E-state index contributed by atoms with van der Waals surface area (Å²) in [4.78, 5) is 26.5. The van der Waals surface area contributed by atoms with Crippen LogP contribution in [0.15, 0.2) is 60.9 Å². The minimum Gasteiger partial charge on any atom is -0.471 e. The van der Waals surface area contributed by atoms with Gasteiger partial charge in [-0.2, -0.15) is 18.4 Å². The number of hydrogen-bond donors (Lipinski definition) is 2. The second-order valence-electron chi connectivity index (χ2n) is 10.7. The van der Waals surface area contributed by atoms with Crippen molar-refractivity contribution in [1.82, 2.24) is 24.4 Å². The zero-order valence-corrected chi connectivity index (χ0v) is 25.0. The van der Waals surface area contributed by atoms with Crippen molar-refractivity contribution < 1.29 is 36.7 Å². The highest BCUT2D eigenvalue weighted by molar-refractivity contribution is 7.85. The van der Waals surface area contributed by atoms with Crippen molar-refractivity contribution >= 4 is 44.9 Å². The molecule has 2 saturated heterocycles. The molecule has 14 nitrogen and oxygen atoms in total. The van der Waals surface area contributed by atoms with E-state index in [-0.39, 0.29) is 43.8 Å². The maximum Gasteiger partial charge on any atom is 0.407 e. The van der Waals surface area contributed by atoms with Gasteiger partial charge >= 0.3 is 6.09 Å². The maximum atomic E-state index is 12.2. The van der Waals surface area contributed by atoms with Crippen molar-refractivity contribution in [3.63, 3.8) is 0 Å². The Bertz CT molecular complexity index is 1770. The van der Waals surface area contributed by atoms with E-state index >= 15 is 0 Å². The van der Waals surface area contributed by atoms with Crippen LogP contribution >= 0.6 is 11.6 Å². The predicted octanol–water partition coefficient (Wildman–Crippen LogP) is 3.08. The van der Waals surface area contributed by atoms with Crippen LogP contribution in [-0.4, -0.2) is 81.7 Å². The number of halogens is 1. The van der Waals surface area contributed by atoms with Crippen molar-refractivity contribution in [2.24, 2.45) is 5.92 Å². The van der Waals surface area contributed by atoms with E-state index in [1.807, 2.05) is 30.3 Å². The number of amides is 1. The van der Waals surface area contributed by atoms with Gasteiger partial charge in [0.15, 0.2) is 11.2 Å². The summed E-state index contributed by atoms with van der Waals surface area (Å²) >= 11 is 6.03. The van der Waals surface area contributed by atoms with Gasteiger partial charge in [0.25, 0.3) is 10.1 Å². The Morgan fingerprint density at radius 2 is 1.86 bits per heavy atom. The average Bonchev–Trinajstić information content (AvgIpc) is 3.48. The molecule has 3 N–H and O–H groups in total. The number of rotatable bonds is 10. The van der Waals surface area contributed by atoms with E-state index in [2.05, 4.69) is 15.0 Å². The Morgan fingerprint density at radius 1 is 1.14 bits per heavy atom. The number of aromatic nitrogens is 4. The van der Waals surface area contributed by atoms with Gasteiger partial charge in [-0.3, -0.25) is 8.75 Å². The molecule has 4 atom stereocenters. The van der Waals surface area contributed by atoms with E-state index in [0.29, 0.717) is 10.5 Å². The van der Waals surface area contributed by atoms with E-state index < -0.39 is 46.7 Å². The Morgan fingerprint density at radius 3 is 2.57 bits per heavy atom.